The molecular weight excluding hydrogens is 260 g/mol. The van der Waals surface area contributed by atoms with Gasteiger partial charge in [-0.2, -0.15) is 0 Å². The van der Waals surface area contributed by atoms with Gasteiger partial charge in [0.15, 0.2) is 0 Å². The Labute approximate surface area is 115 Å². The van der Waals surface area contributed by atoms with Crippen LogP contribution in [0.5, 0.6) is 0 Å². The summed E-state index contributed by atoms with van der Waals surface area (Å²) in [5.74, 6) is -0.0448. The molecule has 0 aromatic carbocycles. The molecule has 0 spiro atoms. The number of aryl methyl sites for hydroxylation is 1. The van der Waals surface area contributed by atoms with E-state index in [0.29, 0.717) is 13.0 Å². The molecule has 0 fully saturated rings. The Kier molecular flexibility index (Phi) is 4.52. The minimum atomic E-state index is -0.0818. The first kappa shape index (κ1) is 13.5. The van der Waals surface area contributed by atoms with E-state index < -0.39 is 0 Å². The van der Waals surface area contributed by atoms with E-state index in [1.807, 2.05) is 24.4 Å². The maximum atomic E-state index is 11.8. The molecule has 0 aliphatic carbocycles. The zero-order chi connectivity index (χ0) is 13.7. The number of nitrogens with zero attached hydrogens (tertiary/aromatic N) is 1. The molecule has 0 aliphatic rings. The smallest absolute Gasteiger partial charge is 0.250 e. The van der Waals surface area contributed by atoms with E-state index in [-0.39, 0.29) is 17.5 Å². The number of amides is 1. The topological polar surface area (TPSA) is 51.1 Å². The van der Waals surface area contributed by atoms with Crippen LogP contribution >= 0.6 is 11.3 Å². The van der Waals surface area contributed by atoms with Crippen LogP contribution in [0.3, 0.4) is 0 Å². The maximum Gasteiger partial charge on any atom is 0.250 e. The molecule has 1 unspecified atom stereocenters. The van der Waals surface area contributed by atoms with Gasteiger partial charge in [0.1, 0.15) is 0 Å². The highest BCUT2D eigenvalue weighted by atomic mass is 32.1. The van der Waals surface area contributed by atoms with Crippen LogP contribution in [-0.2, 0) is 11.3 Å². The fraction of sp³-hybridized carbons (Fsp3) is 0.286. The molecule has 5 heteroatoms. The second kappa shape index (κ2) is 6.33. The summed E-state index contributed by atoms with van der Waals surface area (Å²) in [4.78, 5) is 24.4. The normalized spacial score (nSPS) is 12.1. The van der Waals surface area contributed by atoms with Gasteiger partial charge in [0.2, 0.25) is 5.91 Å². The number of rotatable bonds is 5. The van der Waals surface area contributed by atoms with Crippen molar-refractivity contribution in [2.75, 3.05) is 0 Å². The highest BCUT2D eigenvalue weighted by Gasteiger charge is 2.10. The average Bonchev–Trinajstić information content (AvgIpc) is 2.91. The zero-order valence-electron chi connectivity index (χ0n) is 10.7. The molecule has 100 valence electrons. The van der Waals surface area contributed by atoms with Gasteiger partial charge < -0.3 is 9.88 Å². The van der Waals surface area contributed by atoms with Gasteiger partial charge in [-0.25, -0.2) is 0 Å². The molecule has 2 aromatic heterocycles. The summed E-state index contributed by atoms with van der Waals surface area (Å²) >= 11 is 1.62. The number of nitrogens with one attached hydrogen (secondary N) is 1. The van der Waals surface area contributed by atoms with Crippen LogP contribution in [0.2, 0.25) is 0 Å². The summed E-state index contributed by atoms with van der Waals surface area (Å²) in [5.41, 5.74) is -0.0818. The Morgan fingerprint density at radius 2 is 2.21 bits per heavy atom. The third kappa shape index (κ3) is 3.79. The van der Waals surface area contributed by atoms with E-state index in [0.717, 1.165) is 4.88 Å². The molecule has 2 aromatic rings. The predicted molar refractivity (Wildman–Crippen MR) is 76.2 cm³/mol. The number of pyridine rings is 1. The zero-order valence-corrected chi connectivity index (χ0v) is 11.5. The largest absolute Gasteiger partial charge is 0.349 e. The summed E-state index contributed by atoms with van der Waals surface area (Å²) in [6.45, 7) is 2.36. The second-order valence-corrected chi connectivity index (χ2v) is 5.27. The standard InChI is InChI=1S/C14H16N2O2S/c1-11(12-5-4-10-19-12)15-13(17)7-9-16-8-3-2-6-14(16)18/h2-6,8,10-11H,7,9H2,1H3,(H,15,17). The van der Waals surface area contributed by atoms with Crippen molar-refractivity contribution < 1.29 is 4.79 Å². The van der Waals surface area contributed by atoms with Crippen molar-refractivity contribution in [3.8, 4) is 0 Å². The molecule has 2 rings (SSSR count). The quantitative estimate of drug-likeness (QED) is 0.910. The minimum Gasteiger partial charge on any atom is -0.349 e. The monoisotopic (exact) mass is 276 g/mol. The molecule has 0 bridgehead atoms. The third-order valence-electron chi connectivity index (χ3n) is 2.83. The summed E-state index contributed by atoms with van der Waals surface area (Å²) < 4.78 is 1.54. The van der Waals surface area contributed by atoms with E-state index in [2.05, 4.69) is 5.32 Å². The Bertz CT molecular complexity index is 589. The first-order valence-electron chi connectivity index (χ1n) is 6.15. The Hall–Kier alpha value is -1.88. The van der Waals surface area contributed by atoms with Crippen LogP contribution in [0.25, 0.3) is 0 Å². The van der Waals surface area contributed by atoms with Crippen molar-refractivity contribution in [1.82, 2.24) is 9.88 Å². The lowest BCUT2D eigenvalue weighted by Crippen LogP contribution is -2.28. The first-order valence-corrected chi connectivity index (χ1v) is 7.03. The predicted octanol–water partition coefficient (Wildman–Crippen LogP) is 2.18. The Balaban J connectivity index is 1.85. The van der Waals surface area contributed by atoms with E-state index in [4.69, 9.17) is 0 Å². The number of hydrogen-bond acceptors (Lipinski definition) is 3. The summed E-state index contributed by atoms with van der Waals surface area (Å²) in [5, 5.41) is 4.92. The molecule has 0 saturated carbocycles. The summed E-state index contributed by atoms with van der Waals surface area (Å²) in [7, 11) is 0. The lowest BCUT2D eigenvalue weighted by Gasteiger charge is -2.12. The van der Waals surface area contributed by atoms with Crippen LogP contribution in [-0.4, -0.2) is 10.5 Å². The van der Waals surface area contributed by atoms with Crippen molar-refractivity contribution in [3.63, 3.8) is 0 Å². The van der Waals surface area contributed by atoms with E-state index in [9.17, 15) is 9.59 Å². The number of aromatic nitrogens is 1. The van der Waals surface area contributed by atoms with Crippen molar-refractivity contribution in [3.05, 3.63) is 57.1 Å². The first-order chi connectivity index (χ1) is 9.16. The highest BCUT2D eigenvalue weighted by Crippen LogP contribution is 2.17. The van der Waals surface area contributed by atoms with Gasteiger partial charge in [-0.3, -0.25) is 9.59 Å². The molecule has 0 aliphatic heterocycles. The van der Waals surface area contributed by atoms with Crippen LogP contribution in [0.4, 0.5) is 0 Å². The minimum absolute atomic E-state index is 0.0139. The molecule has 1 N–H and O–H groups in total. The number of thiophene rings is 1. The van der Waals surface area contributed by atoms with E-state index >= 15 is 0 Å². The Morgan fingerprint density at radius 1 is 1.37 bits per heavy atom. The molecule has 2 heterocycles. The summed E-state index contributed by atoms with van der Waals surface area (Å²) in [6, 6.07) is 8.95. The van der Waals surface area contributed by atoms with Gasteiger partial charge in [-0.05, 0) is 24.4 Å². The molecule has 19 heavy (non-hydrogen) atoms. The molecule has 4 nitrogen and oxygen atoms in total. The third-order valence-corrected chi connectivity index (χ3v) is 3.88. The van der Waals surface area contributed by atoms with Crippen molar-refractivity contribution in [1.29, 1.82) is 0 Å². The van der Waals surface area contributed by atoms with Crippen LogP contribution in [0, 0.1) is 0 Å². The lowest BCUT2D eigenvalue weighted by atomic mass is 10.2. The van der Waals surface area contributed by atoms with E-state index in [1.165, 1.54) is 10.6 Å². The fourth-order valence-corrected chi connectivity index (χ4v) is 2.52. The highest BCUT2D eigenvalue weighted by molar-refractivity contribution is 7.10. The molecule has 0 radical (unpaired) electrons. The number of carbonyl (C=O) groups excluding carboxylic acids is 1. The van der Waals surface area contributed by atoms with Gasteiger partial charge in [0, 0.05) is 30.1 Å². The van der Waals surface area contributed by atoms with Gasteiger partial charge >= 0.3 is 0 Å². The number of carbonyl (C=O) groups is 1. The fourth-order valence-electron chi connectivity index (χ4n) is 1.79. The average molecular weight is 276 g/mol. The number of hydrogen-bond donors (Lipinski definition) is 1. The molecule has 0 saturated heterocycles. The van der Waals surface area contributed by atoms with Crippen molar-refractivity contribution in [2.24, 2.45) is 0 Å². The van der Waals surface area contributed by atoms with Gasteiger partial charge in [-0.1, -0.05) is 12.1 Å². The van der Waals surface area contributed by atoms with Crippen LogP contribution < -0.4 is 10.9 Å². The Morgan fingerprint density at radius 3 is 2.89 bits per heavy atom. The lowest BCUT2D eigenvalue weighted by molar-refractivity contribution is -0.121. The van der Waals surface area contributed by atoms with Gasteiger partial charge in [0.25, 0.3) is 5.56 Å². The molecule has 1 atom stereocenters. The van der Waals surface area contributed by atoms with Crippen molar-refractivity contribution >= 4 is 17.2 Å². The second-order valence-electron chi connectivity index (χ2n) is 4.29. The van der Waals surface area contributed by atoms with E-state index in [1.54, 1.807) is 29.7 Å². The van der Waals surface area contributed by atoms with Gasteiger partial charge in [0.05, 0.1) is 6.04 Å². The maximum absolute atomic E-state index is 11.8. The van der Waals surface area contributed by atoms with Crippen LogP contribution in [0.15, 0.2) is 46.7 Å². The van der Waals surface area contributed by atoms with Gasteiger partial charge in [-0.15, -0.1) is 11.3 Å². The summed E-state index contributed by atoms with van der Waals surface area (Å²) in [6.07, 6.45) is 2.00. The SMILES string of the molecule is CC(NC(=O)CCn1ccccc1=O)c1cccs1. The van der Waals surface area contributed by atoms with Crippen LogP contribution in [0.1, 0.15) is 24.3 Å². The molecular formula is C14H16N2O2S. The molecule has 1 amide bonds. The van der Waals surface area contributed by atoms with Crippen molar-refractivity contribution in [2.45, 2.75) is 25.9 Å².